The van der Waals surface area contributed by atoms with Crippen molar-refractivity contribution in [3.8, 4) is 16.9 Å². The first-order valence-electron chi connectivity index (χ1n) is 5.62. The maximum Gasteiger partial charge on any atom is 0.137 e. The summed E-state index contributed by atoms with van der Waals surface area (Å²) in [6.07, 6.45) is 1.42. The highest BCUT2D eigenvalue weighted by Gasteiger charge is 2.15. The van der Waals surface area contributed by atoms with Crippen molar-refractivity contribution >= 4 is 0 Å². The van der Waals surface area contributed by atoms with Crippen LogP contribution in [-0.4, -0.2) is 6.61 Å². The topological polar surface area (TPSA) is 9.23 Å². The number of halogens is 4. The van der Waals surface area contributed by atoms with Crippen molar-refractivity contribution in [1.29, 1.82) is 0 Å². The first kappa shape index (κ1) is 14.1. The Bertz CT molecular complexity index is 609. The molecule has 0 aromatic heterocycles. The molecule has 103 valence electrons. The molecule has 0 heterocycles. The van der Waals surface area contributed by atoms with Gasteiger partial charge in [0.15, 0.2) is 0 Å². The summed E-state index contributed by atoms with van der Waals surface area (Å²) in [5.41, 5.74) is -0.772. The van der Waals surface area contributed by atoms with Gasteiger partial charge in [0, 0.05) is 12.1 Å². The zero-order valence-corrected chi connectivity index (χ0v) is 10.2. The van der Waals surface area contributed by atoms with Crippen molar-refractivity contribution in [2.24, 2.45) is 0 Å². The second-order valence-corrected chi connectivity index (χ2v) is 3.93. The Balaban J connectivity index is 2.49. The van der Waals surface area contributed by atoms with Crippen LogP contribution >= 0.6 is 0 Å². The van der Waals surface area contributed by atoms with Gasteiger partial charge in [-0.15, -0.1) is 0 Å². The van der Waals surface area contributed by atoms with Crippen LogP contribution in [0.1, 0.15) is 0 Å². The van der Waals surface area contributed by atoms with Crippen LogP contribution in [0.5, 0.6) is 5.75 Å². The normalized spacial score (nSPS) is 10.4. The molecule has 5 heteroatoms. The fraction of sp³-hybridized carbons (Fsp3) is 0.0667. The number of hydrogen-bond acceptors (Lipinski definition) is 1. The van der Waals surface area contributed by atoms with Crippen molar-refractivity contribution in [3.63, 3.8) is 0 Å². The van der Waals surface area contributed by atoms with Gasteiger partial charge in [0.1, 0.15) is 35.6 Å². The molecule has 0 spiro atoms. The van der Waals surface area contributed by atoms with Gasteiger partial charge in [0.25, 0.3) is 0 Å². The molecular formula is C15H9F4O. The second kappa shape index (κ2) is 5.77. The summed E-state index contributed by atoms with van der Waals surface area (Å²) >= 11 is 0. The zero-order chi connectivity index (χ0) is 14.7. The van der Waals surface area contributed by atoms with E-state index in [-0.39, 0.29) is 17.9 Å². The van der Waals surface area contributed by atoms with E-state index < -0.39 is 28.8 Å². The van der Waals surface area contributed by atoms with Gasteiger partial charge in [-0.3, -0.25) is 0 Å². The van der Waals surface area contributed by atoms with Crippen LogP contribution in [-0.2, 0) is 0 Å². The third kappa shape index (κ3) is 2.99. The average molecular weight is 281 g/mol. The molecule has 0 atom stereocenters. The highest BCUT2D eigenvalue weighted by Crippen LogP contribution is 2.30. The Kier molecular flexibility index (Phi) is 4.08. The lowest BCUT2D eigenvalue weighted by Crippen LogP contribution is -1.97. The van der Waals surface area contributed by atoms with Crippen LogP contribution in [0.2, 0.25) is 0 Å². The molecule has 0 saturated carbocycles. The van der Waals surface area contributed by atoms with E-state index >= 15 is 0 Å². The highest BCUT2D eigenvalue weighted by atomic mass is 19.1. The third-order valence-corrected chi connectivity index (χ3v) is 2.48. The summed E-state index contributed by atoms with van der Waals surface area (Å²) in [5, 5.41) is 0. The van der Waals surface area contributed by atoms with Crippen molar-refractivity contribution in [3.05, 3.63) is 66.3 Å². The van der Waals surface area contributed by atoms with Gasteiger partial charge in [-0.2, -0.15) is 0 Å². The van der Waals surface area contributed by atoms with E-state index in [2.05, 4.69) is 6.58 Å². The largest absolute Gasteiger partial charge is 0.489 e. The second-order valence-electron chi connectivity index (χ2n) is 3.93. The molecule has 2 rings (SSSR count). The number of benzene rings is 2. The molecule has 2 aromatic carbocycles. The number of rotatable bonds is 4. The van der Waals surface area contributed by atoms with Crippen LogP contribution < -0.4 is 4.74 Å². The maximum absolute atomic E-state index is 13.9. The molecular weight excluding hydrogens is 272 g/mol. The van der Waals surface area contributed by atoms with Crippen molar-refractivity contribution < 1.29 is 22.3 Å². The summed E-state index contributed by atoms with van der Waals surface area (Å²) in [5.74, 6) is -4.06. The average Bonchev–Trinajstić information content (AvgIpc) is 2.34. The standard InChI is InChI=1S/C15H9F4O/c1-2-3-20-12-7-13(18)15(14(19)8-12)9-4-10(16)6-11(17)5-9/h2,4-5,7-8H,1,3H2. The van der Waals surface area contributed by atoms with Crippen molar-refractivity contribution in [2.75, 3.05) is 6.61 Å². The van der Waals surface area contributed by atoms with E-state index in [0.717, 1.165) is 24.3 Å². The summed E-state index contributed by atoms with van der Waals surface area (Å²) in [6.45, 7) is 3.49. The Morgan fingerprint density at radius 2 is 1.55 bits per heavy atom. The summed E-state index contributed by atoms with van der Waals surface area (Å²) < 4.78 is 58.9. The molecule has 0 aliphatic carbocycles. The van der Waals surface area contributed by atoms with Gasteiger partial charge < -0.3 is 4.74 Å². The third-order valence-electron chi connectivity index (χ3n) is 2.48. The fourth-order valence-corrected chi connectivity index (χ4v) is 1.71. The molecule has 0 bridgehead atoms. The highest BCUT2D eigenvalue weighted by molar-refractivity contribution is 5.66. The number of ether oxygens (including phenoxy) is 1. The monoisotopic (exact) mass is 281 g/mol. The molecule has 1 radical (unpaired) electrons. The van der Waals surface area contributed by atoms with Gasteiger partial charge in [0.2, 0.25) is 0 Å². The lowest BCUT2D eigenvalue weighted by molar-refractivity contribution is 0.358. The van der Waals surface area contributed by atoms with Crippen molar-refractivity contribution in [2.45, 2.75) is 0 Å². The fourth-order valence-electron chi connectivity index (χ4n) is 1.71. The Morgan fingerprint density at radius 3 is 2.05 bits per heavy atom. The molecule has 0 aliphatic heterocycles. The quantitative estimate of drug-likeness (QED) is 0.600. The Hall–Kier alpha value is -2.30. The first-order valence-corrected chi connectivity index (χ1v) is 5.62. The van der Waals surface area contributed by atoms with E-state index in [4.69, 9.17) is 4.74 Å². The van der Waals surface area contributed by atoms with E-state index in [1.807, 2.05) is 0 Å². The minimum atomic E-state index is -1.04. The summed E-state index contributed by atoms with van der Waals surface area (Å²) in [6, 6.07) is 5.22. The van der Waals surface area contributed by atoms with Crippen LogP contribution in [0.15, 0.2) is 36.9 Å². The van der Waals surface area contributed by atoms with E-state index in [9.17, 15) is 17.6 Å². The lowest BCUT2D eigenvalue weighted by Gasteiger charge is -2.09. The summed E-state index contributed by atoms with van der Waals surface area (Å²) in [7, 11) is 0. The molecule has 0 N–H and O–H groups in total. The van der Waals surface area contributed by atoms with Gasteiger partial charge in [0.05, 0.1) is 11.6 Å². The minimum Gasteiger partial charge on any atom is -0.489 e. The van der Waals surface area contributed by atoms with E-state index in [0.29, 0.717) is 0 Å². The number of hydrogen-bond donors (Lipinski definition) is 0. The molecule has 0 unspecified atom stereocenters. The minimum absolute atomic E-state index is 0.0351. The van der Waals surface area contributed by atoms with Crippen LogP contribution in [0.4, 0.5) is 17.6 Å². The molecule has 1 nitrogen and oxygen atoms in total. The molecule has 0 amide bonds. The zero-order valence-electron chi connectivity index (χ0n) is 10.2. The molecule has 0 fully saturated rings. The van der Waals surface area contributed by atoms with Gasteiger partial charge in [-0.25, -0.2) is 17.6 Å². The molecule has 0 saturated heterocycles. The SMILES string of the molecule is C=CCOc1cc(F)c(-c2cc(F)[c]c(F)c2)c(F)c1. The predicted octanol–water partition coefficient (Wildman–Crippen LogP) is 4.27. The van der Waals surface area contributed by atoms with Gasteiger partial charge in [-0.1, -0.05) is 12.7 Å². The van der Waals surface area contributed by atoms with E-state index in [1.54, 1.807) is 6.07 Å². The van der Waals surface area contributed by atoms with Crippen LogP contribution in [0, 0.1) is 29.3 Å². The lowest BCUT2D eigenvalue weighted by atomic mass is 10.0. The van der Waals surface area contributed by atoms with Gasteiger partial charge in [-0.05, 0) is 17.7 Å². The predicted molar refractivity (Wildman–Crippen MR) is 66.2 cm³/mol. The van der Waals surface area contributed by atoms with Crippen molar-refractivity contribution in [1.82, 2.24) is 0 Å². The Labute approximate surface area is 113 Å². The van der Waals surface area contributed by atoms with E-state index in [1.165, 1.54) is 6.08 Å². The van der Waals surface area contributed by atoms with Crippen LogP contribution in [0.3, 0.4) is 0 Å². The van der Waals surface area contributed by atoms with Crippen LogP contribution in [0.25, 0.3) is 11.1 Å². The molecule has 0 aliphatic rings. The molecule has 2 aromatic rings. The smallest absolute Gasteiger partial charge is 0.137 e. The maximum atomic E-state index is 13.9. The molecule has 20 heavy (non-hydrogen) atoms. The summed E-state index contributed by atoms with van der Waals surface area (Å²) in [4.78, 5) is 0. The first-order chi connectivity index (χ1) is 9.51. The Morgan fingerprint density at radius 1 is 1.00 bits per heavy atom. The van der Waals surface area contributed by atoms with Gasteiger partial charge >= 0.3 is 0 Å².